The van der Waals surface area contributed by atoms with Gasteiger partial charge in [0, 0.05) is 5.69 Å². The number of thioether (sulfide) groups is 1. The Kier molecular flexibility index (Phi) is 4.21. The van der Waals surface area contributed by atoms with Gasteiger partial charge in [0.1, 0.15) is 10.7 Å². The van der Waals surface area contributed by atoms with Gasteiger partial charge in [-0.25, -0.2) is 4.98 Å². The maximum Gasteiger partial charge on any atom is 0.276 e. The summed E-state index contributed by atoms with van der Waals surface area (Å²) in [7, 11) is 0. The summed E-state index contributed by atoms with van der Waals surface area (Å²) in [6, 6.07) is 9.66. The molecule has 0 unspecified atom stereocenters. The fraction of sp³-hybridized carbons (Fsp3) is 0.143. The minimum atomic E-state index is -0.257. The molecule has 0 spiro atoms. The standard InChI is InChI=1S/C14H13N5OS2/c1-9-17-18-13(22-9)16-12(20)11-8-15-14(21-2)19(11)10-6-4-3-5-7-10/h3-8H,1-2H3,(H,16,18,20). The molecule has 0 saturated carbocycles. The first-order chi connectivity index (χ1) is 10.7. The van der Waals surface area contributed by atoms with Crippen LogP contribution in [0, 0.1) is 6.92 Å². The molecule has 0 radical (unpaired) electrons. The zero-order chi connectivity index (χ0) is 15.5. The number of aryl methyl sites for hydroxylation is 1. The van der Waals surface area contributed by atoms with E-state index < -0.39 is 0 Å². The number of nitrogens with one attached hydrogen (secondary N) is 1. The van der Waals surface area contributed by atoms with E-state index in [4.69, 9.17) is 0 Å². The van der Waals surface area contributed by atoms with Crippen molar-refractivity contribution in [3.05, 3.63) is 47.2 Å². The minimum Gasteiger partial charge on any atom is -0.295 e. The van der Waals surface area contributed by atoms with Gasteiger partial charge in [0.05, 0.1) is 6.20 Å². The molecule has 0 atom stereocenters. The van der Waals surface area contributed by atoms with Crippen molar-refractivity contribution in [3.63, 3.8) is 0 Å². The van der Waals surface area contributed by atoms with Gasteiger partial charge in [-0.05, 0) is 25.3 Å². The topological polar surface area (TPSA) is 72.7 Å². The maximum absolute atomic E-state index is 12.5. The van der Waals surface area contributed by atoms with E-state index in [9.17, 15) is 4.79 Å². The normalized spacial score (nSPS) is 10.6. The Hall–Kier alpha value is -2.19. The van der Waals surface area contributed by atoms with Crippen LogP contribution in [-0.2, 0) is 0 Å². The van der Waals surface area contributed by atoms with Crippen molar-refractivity contribution in [2.75, 3.05) is 11.6 Å². The first kappa shape index (κ1) is 14.7. The van der Waals surface area contributed by atoms with E-state index in [2.05, 4.69) is 20.5 Å². The number of nitrogens with zero attached hydrogens (tertiary/aromatic N) is 4. The lowest BCUT2D eigenvalue weighted by Gasteiger charge is -2.10. The van der Waals surface area contributed by atoms with Gasteiger partial charge in [-0.2, -0.15) is 0 Å². The fourth-order valence-electron chi connectivity index (χ4n) is 1.97. The molecular formula is C14H13N5OS2. The summed E-state index contributed by atoms with van der Waals surface area (Å²) in [6.45, 7) is 1.84. The Morgan fingerprint density at radius 3 is 2.68 bits per heavy atom. The van der Waals surface area contributed by atoms with Gasteiger partial charge in [0.15, 0.2) is 5.16 Å². The van der Waals surface area contributed by atoms with Crippen LogP contribution in [0.5, 0.6) is 0 Å². The van der Waals surface area contributed by atoms with Gasteiger partial charge in [-0.3, -0.25) is 14.7 Å². The molecule has 0 saturated heterocycles. The first-order valence-corrected chi connectivity index (χ1v) is 8.52. The third kappa shape index (κ3) is 2.88. The molecule has 1 aromatic carbocycles. The lowest BCUT2D eigenvalue weighted by atomic mass is 10.3. The van der Waals surface area contributed by atoms with Crippen LogP contribution in [-0.4, -0.2) is 31.9 Å². The Morgan fingerprint density at radius 1 is 1.27 bits per heavy atom. The summed E-state index contributed by atoms with van der Waals surface area (Å²) < 4.78 is 1.83. The Balaban J connectivity index is 1.97. The highest BCUT2D eigenvalue weighted by atomic mass is 32.2. The van der Waals surface area contributed by atoms with Crippen LogP contribution >= 0.6 is 23.1 Å². The number of carbonyl (C=O) groups excluding carboxylic acids is 1. The molecule has 1 amide bonds. The van der Waals surface area contributed by atoms with Crippen LogP contribution in [0.25, 0.3) is 5.69 Å². The van der Waals surface area contributed by atoms with E-state index in [1.165, 1.54) is 23.1 Å². The predicted octanol–water partition coefficient (Wildman–Crippen LogP) is 3.01. The molecule has 0 aliphatic heterocycles. The number of hydrogen-bond donors (Lipinski definition) is 1. The fourth-order valence-corrected chi connectivity index (χ4v) is 3.11. The number of aromatic nitrogens is 4. The average molecular weight is 331 g/mol. The molecule has 1 N–H and O–H groups in total. The molecule has 0 bridgehead atoms. The molecule has 0 fully saturated rings. The van der Waals surface area contributed by atoms with Crippen LogP contribution in [0.1, 0.15) is 15.5 Å². The van der Waals surface area contributed by atoms with Gasteiger partial charge in [0.25, 0.3) is 5.91 Å². The summed E-state index contributed by atoms with van der Waals surface area (Å²) in [5, 5.41) is 12.6. The van der Waals surface area contributed by atoms with Crippen LogP contribution in [0.4, 0.5) is 5.13 Å². The molecule has 2 heterocycles. The zero-order valence-corrected chi connectivity index (χ0v) is 13.6. The van der Waals surface area contributed by atoms with E-state index in [0.29, 0.717) is 10.8 Å². The van der Waals surface area contributed by atoms with Gasteiger partial charge >= 0.3 is 0 Å². The van der Waals surface area contributed by atoms with E-state index >= 15 is 0 Å². The van der Waals surface area contributed by atoms with Gasteiger partial charge in [-0.1, -0.05) is 41.3 Å². The third-order valence-electron chi connectivity index (χ3n) is 2.91. The molecule has 22 heavy (non-hydrogen) atoms. The molecule has 3 aromatic rings. The minimum absolute atomic E-state index is 0.257. The van der Waals surface area contributed by atoms with Crippen molar-refractivity contribution >= 4 is 34.1 Å². The van der Waals surface area contributed by atoms with Gasteiger partial charge in [0.2, 0.25) is 5.13 Å². The zero-order valence-electron chi connectivity index (χ0n) is 12.0. The number of carbonyl (C=O) groups is 1. The van der Waals surface area contributed by atoms with Crippen LogP contribution in [0.2, 0.25) is 0 Å². The predicted molar refractivity (Wildman–Crippen MR) is 87.9 cm³/mol. The largest absolute Gasteiger partial charge is 0.295 e. The van der Waals surface area contributed by atoms with E-state index in [-0.39, 0.29) is 5.91 Å². The quantitative estimate of drug-likeness (QED) is 0.744. The van der Waals surface area contributed by atoms with E-state index in [1.807, 2.05) is 48.1 Å². The van der Waals surface area contributed by atoms with Gasteiger partial charge in [-0.15, -0.1) is 10.2 Å². The summed E-state index contributed by atoms with van der Waals surface area (Å²) in [5.74, 6) is -0.257. The molecule has 2 aromatic heterocycles. The average Bonchev–Trinajstić information content (AvgIpc) is 3.14. The highest BCUT2D eigenvalue weighted by Crippen LogP contribution is 2.23. The highest BCUT2D eigenvalue weighted by molar-refractivity contribution is 7.98. The third-order valence-corrected chi connectivity index (χ3v) is 4.31. The molecule has 0 aliphatic rings. The Labute approximate surface area is 135 Å². The summed E-state index contributed by atoms with van der Waals surface area (Å²) in [4.78, 5) is 16.8. The van der Waals surface area contributed by atoms with Crippen molar-refractivity contribution < 1.29 is 4.79 Å². The second-order valence-electron chi connectivity index (χ2n) is 4.38. The molecule has 8 heteroatoms. The number of amides is 1. The van der Waals surface area contributed by atoms with Gasteiger partial charge < -0.3 is 0 Å². The summed E-state index contributed by atoms with van der Waals surface area (Å²) >= 11 is 2.82. The Bertz CT molecular complexity index is 797. The van der Waals surface area contributed by atoms with Crippen LogP contribution in [0.3, 0.4) is 0 Å². The van der Waals surface area contributed by atoms with Crippen LogP contribution in [0.15, 0.2) is 41.7 Å². The second-order valence-corrected chi connectivity index (χ2v) is 6.34. The Morgan fingerprint density at radius 2 is 2.05 bits per heavy atom. The summed E-state index contributed by atoms with van der Waals surface area (Å²) in [5.41, 5.74) is 1.35. The number of anilines is 1. The number of rotatable bonds is 4. The summed E-state index contributed by atoms with van der Waals surface area (Å²) in [6.07, 6.45) is 3.50. The van der Waals surface area contributed by atoms with Crippen LogP contribution < -0.4 is 5.32 Å². The van der Waals surface area contributed by atoms with Crippen molar-refractivity contribution in [1.82, 2.24) is 19.7 Å². The van der Waals surface area contributed by atoms with Crippen molar-refractivity contribution in [2.24, 2.45) is 0 Å². The molecule has 6 nitrogen and oxygen atoms in total. The number of imidazole rings is 1. The SMILES string of the molecule is CSc1ncc(C(=O)Nc2nnc(C)s2)n1-c1ccccc1. The lowest BCUT2D eigenvalue weighted by molar-refractivity contribution is 0.102. The van der Waals surface area contributed by atoms with Crippen molar-refractivity contribution in [1.29, 1.82) is 0 Å². The number of benzene rings is 1. The smallest absolute Gasteiger partial charge is 0.276 e. The number of para-hydroxylation sites is 1. The van der Waals surface area contributed by atoms with Crippen molar-refractivity contribution in [2.45, 2.75) is 12.1 Å². The first-order valence-electron chi connectivity index (χ1n) is 6.47. The van der Waals surface area contributed by atoms with Crippen molar-refractivity contribution in [3.8, 4) is 5.69 Å². The maximum atomic E-state index is 12.5. The second kappa shape index (κ2) is 6.29. The van der Waals surface area contributed by atoms with E-state index in [1.54, 1.807) is 6.20 Å². The molecule has 3 rings (SSSR count). The van der Waals surface area contributed by atoms with E-state index in [0.717, 1.165) is 15.9 Å². The monoisotopic (exact) mass is 331 g/mol. The molecular weight excluding hydrogens is 318 g/mol. The molecule has 112 valence electrons. The molecule has 0 aliphatic carbocycles. The lowest BCUT2D eigenvalue weighted by Crippen LogP contribution is -2.16. The number of hydrogen-bond acceptors (Lipinski definition) is 6. The highest BCUT2D eigenvalue weighted by Gasteiger charge is 2.18.